The first-order valence-electron chi connectivity index (χ1n) is 4.01. The van der Waals surface area contributed by atoms with E-state index in [2.05, 4.69) is 22.2 Å². The summed E-state index contributed by atoms with van der Waals surface area (Å²) in [5, 5.41) is 0.949. The fourth-order valence-corrected chi connectivity index (χ4v) is 2.31. The van der Waals surface area contributed by atoms with E-state index in [0.29, 0.717) is 11.3 Å². The third-order valence-electron chi connectivity index (χ3n) is 1.80. The highest BCUT2D eigenvalue weighted by atomic mass is 32.2. The average molecular weight is 227 g/mol. The number of thiocarbonyl (C=S) groups is 1. The Morgan fingerprint density at radius 1 is 1.71 bits per heavy atom. The van der Waals surface area contributed by atoms with Gasteiger partial charge in [-0.2, -0.15) is 0 Å². The van der Waals surface area contributed by atoms with Crippen molar-refractivity contribution in [3.63, 3.8) is 0 Å². The number of hydrogen-bond donors (Lipinski definition) is 2. The topological polar surface area (TPSA) is 82.2 Å². The van der Waals surface area contributed by atoms with Gasteiger partial charge in [-0.05, 0) is 12.2 Å². The predicted octanol–water partition coefficient (Wildman–Crippen LogP) is -0.285. The van der Waals surface area contributed by atoms with Crippen molar-refractivity contribution in [1.29, 1.82) is 0 Å². The van der Waals surface area contributed by atoms with Gasteiger partial charge in [-0.1, -0.05) is 11.8 Å². The lowest BCUT2D eigenvalue weighted by atomic mass is 10.5. The van der Waals surface area contributed by atoms with Gasteiger partial charge in [0.05, 0.1) is 0 Å². The Hall–Kier alpha value is -1.08. The van der Waals surface area contributed by atoms with Crippen LogP contribution in [0.3, 0.4) is 0 Å². The summed E-state index contributed by atoms with van der Waals surface area (Å²) in [6.07, 6.45) is 0. The molecular weight excluding hydrogens is 218 g/mol. The Balaban J connectivity index is 2.57. The van der Waals surface area contributed by atoms with Crippen LogP contribution >= 0.6 is 24.0 Å². The molecule has 4 N–H and O–H groups in total. The van der Waals surface area contributed by atoms with E-state index < -0.39 is 0 Å². The number of nitrogen functional groups attached to an aromatic ring is 1. The molecule has 0 spiro atoms. The van der Waals surface area contributed by atoms with Crippen LogP contribution < -0.4 is 17.0 Å². The summed E-state index contributed by atoms with van der Waals surface area (Å²) in [7, 11) is 0. The van der Waals surface area contributed by atoms with Gasteiger partial charge < -0.3 is 16.0 Å². The molecule has 0 aliphatic carbocycles. The van der Waals surface area contributed by atoms with Gasteiger partial charge in [-0.3, -0.25) is 0 Å². The molecule has 0 atom stereocenters. The molecule has 0 bridgehead atoms. The molecule has 0 saturated heterocycles. The van der Waals surface area contributed by atoms with E-state index >= 15 is 0 Å². The van der Waals surface area contributed by atoms with Gasteiger partial charge in [0.2, 0.25) is 0 Å². The summed E-state index contributed by atoms with van der Waals surface area (Å²) in [4.78, 5) is 8.16. The van der Waals surface area contributed by atoms with Gasteiger partial charge in [-0.15, -0.1) is 0 Å². The Morgan fingerprint density at radius 3 is 3.21 bits per heavy atom. The van der Waals surface area contributed by atoms with Gasteiger partial charge in [0.15, 0.2) is 15.8 Å². The van der Waals surface area contributed by atoms with E-state index in [1.54, 1.807) is 17.8 Å². The molecule has 0 saturated carbocycles. The van der Waals surface area contributed by atoms with Crippen molar-refractivity contribution in [1.82, 2.24) is 9.55 Å². The first-order chi connectivity index (χ1) is 6.66. The fraction of sp³-hybridized carbons (Fsp3) is 0.286. The molecule has 0 fully saturated rings. The standard InChI is InChI=1S/C7H9N5S2/c8-4-3-5(10-6(9)13)11-7-12(4)1-2-14-7/h3H,1-2,8H2,(H2,9,13). The molecule has 74 valence electrons. The molecule has 1 aromatic heterocycles. The Labute approximate surface area is 90.2 Å². The summed E-state index contributed by atoms with van der Waals surface area (Å²) >= 11 is 6.32. The number of hydrogen-bond acceptors (Lipinski definition) is 4. The lowest BCUT2D eigenvalue weighted by molar-refractivity contribution is 0.684. The number of aromatic nitrogens is 2. The second-order valence-electron chi connectivity index (χ2n) is 2.77. The smallest absolute Gasteiger partial charge is 0.192 e. The third kappa shape index (κ3) is 1.73. The molecule has 5 nitrogen and oxygen atoms in total. The molecule has 0 radical (unpaired) electrons. The van der Waals surface area contributed by atoms with E-state index in [1.165, 1.54) is 0 Å². The van der Waals surface area contributed by atoms with Crippen LogP contribution in [0.15, 0.2) is 16.2 Å². The van der Waals surface area contributed by atoms with Crippen LogP contribution in [0.25, 0.3) is 0 Å². The highest BCUT2D eigenvalue weighted by Crippen LogP contribution is 2.23. The van der Waals surface area contributed by atoms with Gasteiger partial charge in [0, 0.05) is 18.4 Å². The molecule has 0 unspecified atom stereocenters. The predicted molar refractivity (Wildman–Crippen MR) is 59.7 cm³/mol. The number of nitrogens with zero attached hydrogens (tertiary/aromatic N) is 3. The monoisotopic (exact) mass is 227 g/mol. The van der Waals surface area contributed by atoms with E-state index in [1.807, 2.05) is 4.57 Å². The fourth-order valence-electron chi connectivity index (χ4n) is 1.24. The molecule has 2 rings (SSSR count). The molecule has 0 amide bonds. The first kappa shape index (κ1) is 9.47. The molecule has 1 aliphatic heterocycles. The Kier molecular flexibility index (Phi) is 2.42. The highest BCUT2D eigenvalue weighted by Gasteiger charge is 2.13. The van der Waals surface area contributed by atoms with Crippen LogP contribution in [0.2, 0.25) is 0 Å². The second-order valence-corrected chi connectivity index (χ2v) is 4.25. The van der Waals surface area contributed by atoms with E-state index in [9.17, 15) is 0 Å². The number of anilines is 1. The molecule has 1 aromatic rings. The largest absolute Gasteiger partial charge is 0.385 e. The van der Waals surface area contributed by atoms with Crippen LogP contribution in [0.1, 0.15) is 0 Å². The van der Waals surface area contributed by atoms with Crippen LogP contribution in [-0.4, -0.2) is 20.4 Å². The summed E-state index contributed by atoms with van der Waals surface area (Å²) in [5.41, 5.74) is 11.6. The average Bonchev–Trinajstić information content (AvgIpc) is 2.50. The quantitative estimate of drug-likeness (QED) is 0.470. The molecular formula is C7H9N5S2. The van der Waals surface area contributed by atoms with E-state index in [-0.39, 0.29) is 5.11 Å². The first-order valence-corrected chi connectivity index (χ1v) is 5.40. The van der Waals surface area contributed by atoms with Crippen LogP contribution in [0, 0.1) is 0 Å². The Bertz CT molecular complexity index is 450. The highest BCUT2D eigenvalue weighted by molar-refractivity contribution is 7.99. The van der Waals surface area contributed by atoms with Crippen molar-refractivity contribution in [2.24, 2.45) is 10.7 Å². The lowest BCUT2D eigenvalue weighted by Gasteiger charge is -2.04. The van der Waals surface area contributed by atoms with E-state index in [4.69, 9.17) is 11.5 Å². The summed E-state index contributed by atoms with van der Waals surface area (Å²) < 4.78 is 1.95. The maximum absolute atomic E-state index is 5.81. The normalized spacial score (nSPS) is 15.6. The van der Waals surface area contributed by atoms with E-state index in [0.717, 1.165) is 17.5 Å². The van der Waals surface area contributed by atoms with Crippen LogP contribution in [0.5, 0.6) is 0 Å². The molecule has 1 aliphatic rings. The lowest BCUT2D eigenvalue weighted by Crippen LogP contribution is -2.19. The van der Waals surface area contributed by atoms with Gasteiger partial charge in [0.25, 0.3) is 0 Å². The van der Waals surface area contributed by atoms with Crippen molar-refractivity contribution in [3.8, 4) is 0 Å². The zero-order valence-electron chi connectivity index (χ0n) is 7.30. The minimum absolute atomic E-state index is 0.0739. The van der Waals surface area contributed by atoms with Gasteiger partial charge in [-0.25, -0.2) is 9.98 Å². The molecule has 7 heteroatoms. The maximum atomic E-state index is 5.81. The number of thioether (sulfide) groups is 1. The van der Waals surface area contributed by atoms with Gasteiger partial charge >= 0.3 is 0 Å². The molecule has 14 heavy (non-hydrogen) atoms. The SMILES string of the molecule is NC(=S)N=c1cc(N)n2c(n1)SCC2. The third-order valence-corrected chi connectivity index (χ3v) is 2.85. The summed E-state index contributed by atoms with van der Waals surface area (Å²) in [6, 6.07) is 1.68. The van der Waals surface area contributed by atoms with Gasteiger partial charge in [0.1, 0.15) is 5.82 Å². The summed E-state index contributed by atoms with van der Waals surface area (Å²) in [6.45, 7) is 0.895. The van der Waals surface area contributed by atoms with Crippen molar-refractivity contribution in [2.75, 3.05) is 11.5 Å². The zero-order chi connectivity index (χ0) is 10.1. The van der Waals surface area contributed by atoms with Crippen LogP contribution in [0.4, 0.5) is 5.82 Å². The summed E-state index contributed by atoms with van der Waals surface area (Å²) in [5.74, 6) is 1.64. The maximum Gasteiger partial charge on any atom is 0.192 e. The number of fused-ring (bicyclic) bond motifs is 1. The second kappa shape index (κ2) is 3.58. The molecule has 2 heterocycles. The van der Waals surface area contributed by atoms with Crippen molar-refractivity contribution in [2.45, 2.75) is 11.7 Å². The van der Waals surface area contributed by atoms with Crippen LogP contribution in [-0.2, 0) is 6.54 Å². The Morgan fingerprint density at radius 2 is 2.50 bits per heavy atom. The van der Waals surface area contributed by atoms with Crippen molar-refractivity contribution in [3.05, 3.63) is 11.6 Å². The minimum atomic E-state index is 0.0739. The molecule has 0 aromatic carbocycles. The zero-order valence-corrected chi connectivity index (χ0v) is 8.94. The van der Waals surface area contributed by atoms with Crippen molar-refractivity contribution >= 4 is 34.9 Å². The number of nitrogens with two attached hydrogens (primary N) is 2. The van der Waals surface area contributed by atoms with Crippen molar-refractivity contribution < 1.29 is 0 Å². The minimum Gasteiger partial charge on any atom is -0.385 e. The number of rotatable bonds is 0.